The number of ether oxygens (including phenoxy) is 2. The number of amides is 1. The second kappa shape index (κ2) is 11.7. The van der Waals surface area contributed by atoms with Crippen LogP contribution in [0.2, 0.25) is 0 Å². The predicted octanol–water partition coefficient (Wildman–Crippen LogP) is 2.67. The Morgan fingerprint density at radius 2 is 1.53 bits per heavy atom. The van der Waals surface area contributed by atoms with Gasteiger partial charge in [0.15, 0.2) is 0 Å². The summed E-state index contributed by atoms with van der Waals surface area (Å²) < 4.78 is 38.0. The van der Waals surface area contributed by atoms with Crippen molar-refractivity contribution in [2.45, 2.75) is 25.2 Å². The van der Waals surface area contributed by atoms with E-state index in [9.17, 15) is 13.2 Å². The Hall–Kier alpha value is -2.42. The molecule has 0 radical (unpaired) electrons. The van der Waals surface area contributed by atoms with Crippen molar-refractivity contribution in [2.75, 3.05) is 44.3 Å². The van der Waals surface area contributed by atoms with Crippen LogP contribution in [-0.4, -0.2) is 54.3 Å². The van der Waals surface area contributed by atoms with Crippen LogP contribution in [0.15, 0.2) is 53.4 Å². The molecule has 164 valence electrons. The first-order valence-electron chi connectivity index (χ1n) is 9.84. The Balaban J connectivity index is 2.07. The second-order valence-electron chi connectivity index (χ2n) is 6.93. The van der Waals surface area contributed by atoms with Crippen LogP contribution in [0, 0.1) is 13.8 Å². The summed E-state index contributed by atoms with van der Waals surface area (Å²) >= 11 is 0. The minimum absolute atomic E-state index is 0.0373. The third kappa shape index (κ3) is 7.12. The third-order valence-corrected chi connectivity index (χ3v) is 6.31. The zero-order chi connectivity index (χ0) is 22.0. The number of nitrogens with zero attached hydrogens (tertiary/aromatic N) is 1. The van der Waals surface area contributed by atoms with E-state index in [4.69, 9.17) is 9.47 Å². The molecule has 2 aromatic carbocycles. The van der Waals surface area contributed by atoms with Crippen LogP contribution in [0.4, 0.5) is 5.69 Å². The summed E-state index contributed by atoms with van der Waals surface area (Å²) in [5.74, 6) is -0.235. The number of hydrogen-bond donors (Lipinski definition) is 1. The van der Waals surface area contributed by atoms with Gasteiger partial charge in [0.05, 0.1) is 30.4 Å². The van der Waals surface area contributed by atoms with Crippen LogP contribution in [0.25, 0.3) is 0 Å². The normalized spacial score (nSPS) is 11.3. The maximum Gasteiger partial charge on any atom is 0.264 e. The number of aryl methyl sites for hydroxylation is 2. The maximum absolute atomic E-state index is 13.3. The van der Waals surface area contributed by atoms with E-state index < -0.39 is 10.0 Å². The first-order chi connectivity index (χ1) is 14.3. The van der Waals surface area contributed by atoms with Gasteiger partial charge in [0.1, 0.15) is 0 Å². The van der Waals surface area contributed by atoms with Gasteiger partial charge < -0.3 is 14.8 Å². The van der Waals surface area contributed by atoms with Gasteiger partial charge in [-0.2, -0.15) is 0 Å². The van der Waals surface area contributed by atoms with Crippen LogP contribution in [0.3, 0.4) is 0 Å². The molecule has 1 N–H and O–H groups in total. The summed E-state index contributed by atoms with van der Waals surface area (Å²) in [7, 11) is -2.21. The minimum atomic E-state index is -3.80. The average Bonchev–Trinajstić information content (AvgIpc) is 2.72. The lowest BCUT2D eigenvalue weighted by Crippen LogP contribution is -2.36. The molecular formula is C22H30N2O5S. The van der Waals surface area contributed by atoms with Crippen molar-refractivity contribution in [3.05, 3.63) is 59.7 Å². The van der Waals surface area contributed by atoms with Gasteiger partial charge >= 0.3 is 0 Å². The highest BCUT2D eigenvalue weighted by atomic mass is 32.2. The van der Waals surface area contributed by atoms with Gasteiger partial charge in [0.25, 0.3) is 10.0 Å². The van der Waals surface area contributed by atoms with E-state index in [2.05, 4.69) is 5.32 Å². The van der Waals surface area contributed by atoms with Gasteiger partial charge in [-0.1, -0.05) is 35.4 Å². The van der Waals surface area contributed by atoms with E-state index in [0.29, 0.717) is 32.1 Å². The molecule has 0 aliphatic heterocycles. The Morgan fingerprint density at radius 1 is 0.933 bits per heavy atom. The van der Waals surface area contributed by atoms with Crippen LogP contribution in [0.1, 0.15) is 17.5 Å². The van der Waals surface area contributed by atoms with Gasteiger partial charge in [-0.3, -0.25) is 9.10 Å². The number of benzene rings is 2. The smallest absolute Gasteiger partial charge is 0.264 e. The first kappa shape index (κ1) is 23.9. The fourth-order valence-electron chi connectivity index (χ4n) is 2.73. The number of anilines is 1. The molecule has 30 heavy (non-hydrogen) atoms. The zero-order valence-corrected chi connectivity index (χ0v) is 18.6. The number of carbonyl (C=O) groups is 1. The molecule has 0 fully saturated rings. The van der Waals surface area contributed by atoms with Gasteiger partial charge in [-0.05, 0) is 38.1 Å². The second-order valence-corrected chi connectivity index (χ2v) is 8.79. The van der Waals surface area contributed by atoms with Crippen molar-refractivity contribution >= 4 is 21.6 Å². The van der Waals surface area contributed by atoms with Gasteiger partial charge in [0.2, 0.25) is 5.91 Å². The Bertz CT molecular complexity index is 896. The number of nitrogens with one attached hydrogen (secondary N) is 1. The van der Waals surface area contributed by atoms with Crippen molar-refractivity contribution in [1.82, 2.24) is 5.32 Å². The van der Waals surface area contributed by atoms with E-state index in [1.165, 1.54) is 4.31 Å². The molecular weight excluding hydrogens is 404 g/mol. The topological polar surface area (TPSA) is 84.9 Å². The molecule has 8 heteroatoms. The van der Waals surface area contributed by atoms with E-state index in [1.54, 1.807) is 43.5 Å². The predicted molar refractivity (Wildman–Crippen MR) is 117 cm³/mol. The van der Waals surface area contributed by atoms with Crippen molar-refractivity contribution < 1.29 is 22.7 Å². The number of sulfonamides is 1. The molecule has 0 spiro atoms. The lowest BCUT2D eigenvalue weighted by Gasteiger charge is -2.24. The summed E-state index contributed by atoms with van der Waals surface area (Å²) in [6.45, 7) is 5.56. The lowest BCUT2D eigenvalue weighted by molar-refractivity contribution is -0.121. The molecule has 7 nitrogen and oxygen atoms in total. The number of hydrogen-bond acceptors (Lipinski definition) is 5. The lowest BCUT2D eigenvalue weighted by atomic mass is 10.2. The SMILES string of the molecule is COCCOCCNC(=O)CCN(c1ccc(C)cc1)S(=O)(=O)c1ccc(C)cc1. The van der Waals surface area contributed by atoms with Crippen molar-refractivity contribution in [1.29, 1.82) is 0 Å². The van der Waals surface area contributed by atoms with Crippen molar-refractivity contribution in [3.63, 3.8) is 0 Å². The quantitative estimate of drug-likeness (QED) is 0.519. The molecule has 0 heterocycles. The van der Waals surface area contributed by atoms with E-state index in [1.807, 2.05) is 26.0 Å². The third-order valence-electron chi connectivity index (χ3n) is 4.47. The highest BCUT2D eigenvalue weighted by Gasteiger charge is 2.25. The van der Waals surface area contributed by atoms with E-state index in [0.717, 1.165) is 11.1 Å². The molecule has 0 saturated carbocycles. The minimum Gasteiger partial charge on any atom is -0.382 e. The number of carbonyl (C=O) groups excluding carboxylic acids is 1. The molecule has 1 amide bonds. The largest absolute Gasteiger partial charge is 0.382 e. The van der Waals surface area contributed by atoms with Gasteiger partial charge in [-0.25, -0.2) is 8.42 Å². The number of methoxy groups -OCH3 is 1. The van der Waals surface area contributed by atoms with Gasteiger partial charge in [0, 0.05) is 26.6 Å². The van der Waals surface area contributed by atoms with Crippen LogP contribution >= 0.6 is 0 Å². The van der Waals surface area contributed by atoms with Gasteiger partial charge in [-0.15, -0.1) is 0 Å². The molecule has 0 unspecified atom stereocenters. The van der Waals surface area contributed by atoms with E-state index in [-0.39, 0.29) is 23.8 Å². The number of rotatable bonds is 12. The highest BCUT2D eigenvalue weighted by molar-refractivity contribution is 7.92. The van der Waals surface area contributed by atoms with Crippen LogP contribution < -0.4 is 9.62 Å². The summed E-state index contributed by atoms with van der Waals surface area (Å²) in [6.07, 6.45) is 0.0387. The Labute approximate surface area is 179 Å². The Kier molecular flexibility index (Phi) is 9.29. The first-order valence-corrected chi connectivity index (χ1v) is 11.3. The average molecular weight is 435 g/mol. The molecule has 2 rings (SSSR count). The summed E-state index contributed by atoms with van der Waals surface area (Å²) in [6, 6.07) is 13.9. The zero-order valence-electron chi connectivity index (χ0n) is 17.8. The van der Waals surface area contributed by atoms with Crippen LogP contribution in [-0.2, 0) is 24.3 Å². The summed E-state index contributed by atoms with van der Waals surface area (Å²) in [5.41, 5.74) is 2.53. The molecule has 0 bridgehead atoms. The molecule has 0 aliphatic carbocycles. The van der Waals surface area contributed by atoms with Crippen molar-refractivity contribution in [3.8, 4) is 0 Å². The maximum atomic E-state index is 13.3. The summed E-state index contributed by atoms with van der Waals surface area (Å²) in [5, 5.41) is 2.75. The Morgan fingerprint density at radius 3 is 2.13 bits per heavy atom. The molecule has 0 saturated heterocycles. The molecule has 0 aliphatic rings. The highest BCUT2D eigenvalue weighted by Crippen LogP contribution is 2.24. The molecule has 0 atom stereocenters. The molecule has 2 aromatic rings. The van der Waals surface area contributed by atoms with E-state index >= 15 is 0 Å². The molecule has 0 aromatic heterocycles. The standard InChI is InChI=1S/C22H30N2O5S/c1-18-4-8-20(9-5-18)24(30(26,27)21-10-6-19(2)7-11-21)14-12-22(25)23-13-15-29-17-16-28-3/h4-11H,12-17H2,1-3H3,(H,23,25). The summed E-state index contributed by atoms with van der Waals surface area (Å²) in [4.78, 5) is 12.4. The monoisotopic (exact) mass is 434 g/mol. The van der Waals surface area contributed by atoms with Crippen molar-refractivity contribution in [2.24, 2.45) is 0 Å². The fourth-order valence-corrected chi connectivity index (χ4v) is 4.20. The van der Waals surface area contributed by atoms with Crippen LogP contribution in [0.5, 0.6) is 0 Å². The fraction of sp³-hybridized carbons (Fsp3) is 0.409.